The maximum absolute atomic E-state index is 12.4. The molecule has 5 nitrogen and oxygen atoms in total. The summed E-state index contributed by atoms with van der Waals surface area (Å²) >= 11 is 0. The van der Waals surface area contributed by atoms with Crippen LogP contribution >= 0.6 is 0 Å². The van der Waals surface area contributed by atoms with Crippen LogP contribution in [0.5, 0.6) is 0 Å². The number of aliphatic carboxylic acids is 1. The van der Waals surface area contributed by atoms with Crippen LogP contribution in [0.3, 0.4) is 0 Å². The molecule has 132 valence electrons. The molecule has 1 fully saturated rings. The molecule has 0 heterocycles. The summed E-state index contributed by atoms with van der Waals surface area (Å²) in [7, 11) is 0. The van der Waals surface area contributed by atoms with Gasteiger partial charge in [-0.1, -0.05) is 6.92 Å². The minimum Gasteiger partial charge on any atom is -0.481 e. The smallest absolute Gasteiger partial charge is 0.306 e. The molecular formula is C19H28N2O3. The number of carboxylic acid groups (broad SMARTS) is 1. The van der Waals surface area contributed by atoms with Crippen LogP contribution in [0.15, 0.2) is 24.3 Å². The maximum atomic E-state index is 12.4. The maximum Gasteiger partial charge on any atom is 0.306 e. The number of carboxylic acids is 1. The van der Waals surface area contributed by atoms with Crippen LogP contribution < -0.4 is 10.2 Å². The fourth-order valence-electron chi connectivity index (χ4n) is 3.32. The lowest BCUT2D eigenvalue weighted by Gasteiger charge is -2.27. The molecule has 0 radical (unpaired) electrons. The van der Waals surface area contributed by atoms with Gasteiger partial charge in [-0.2, -0.15) is 0 Å². The van der Waals surface area contributed by atoms with E-state index in [-0.39, 0.29) is 17.9 Å². The average molecular weight is 332 g/mol. The van der Waals surface area contributed by atoms with Gasteiger partial charge in [-0.25, -0.2) is 0 Å². The topological polar surface area (TPSA) is 69.6 Å². The van der Waals surface area contributed by atoms with E-state index in [2.05, 4.69) is 24.1 Å². The van der Waals surface area contributed by atoms with E-state index in [1.54, 1.807) is 0 Å². The normalized spacial score (nSPS) is 20.4. The number of anilines is 1. The van der Waals surface area contributed by atoms with Crippen molar-refractivity contribution in [3.63, 3.8) is 0 Å². The van der Waals surface area contributed by atoms with Gasteiger partial charge in [0.25, 0.3) is 5.91 Å². The monoisotopic (exact) mass is 332 g/mol. The van der Waals surface area contributed by atoms with Gasteiger partial charge in [0.1, 0.15) is 0 Å². The van der Waals surface area contributed by atoms with Gasteiger partial charge in [0.15, 0.2) is 0 Å². The largest absolute Gasteiger partial charge is 0.481 e. The number of amides is 1. The molecule has 24 heavy (non-hydrogen) atoms. The van der Waals surface area contributed by atoms with E-state index in [1.165, 1.54) is 0 Å². The molecule has 2 rings (SSSR count). The van der Waals surface area contributed by atoms with Crippen LogP contribution in [0.2, 0.25) is 0 Å². The summed E-state index contributed by atoms with van der Waals surface area (Å²) in [4.78, 5) is 25.6. The van der Waals surface area contributed by atoms with E-state index in [4.69, 9.17) is 5.11 Å². The number of nitrogens with one attached hydrogen (secondary N) is 1. The van der Waals surface area contributed by atoms with Gasteiger partial charge >= 0.3 is 5.97 Å². The Hall–Kier alpha value is -2.04. The van der Waals surface area contributed by atoms with Crippen LogP contribution in [0, 0.1) is 5.92 Å². The Kier molecular flexibility index (Phi) is 6.64. The molecule has 2 N–H and O–H groups in total. The van der Waals surface area contributed by atoms with Crippen molar-refractivity contribution in [3.8, 4) is 0 Å². The second-order valence-corrected chi connectivity index (χ2v) is 6.49. The summed E-state index contributed by atoms with van der Waals surface area (Å²) < 4.78 is 0. The van der Waals surface area contributed by atoms with Crippen LogP contribution in [-0.2, 0) is 4.79 Å². The molecule has 0 saturated heterocycles. The van der Waals surface area contributed by atoms with Crippen LogP contribution in [-0.4, -0.2) is 36.1 Å². The fourth-order valence-corrected chi connectivity index (χ4v) is 3.32. The zero-order chi connectivity index (χ0) is 17.5. The van der Waals surface area contributed by atoms with Crippen molar-refractivity contribution in [2.24, 2.45) is 5.92 Å². The van der Waals surface area contributed by atoms with Crippen LogP contribution in [0.4, 0.5) is 5.69 Å². The molecule has 1 aromatic rings. The summed E-state index contributed by atoms with van der Waals surface area (Å²) in [6.45, 7) is 6.24. The first-order valence-corrected chi connectivity index (χ1v) is 8.93. The first-order chi connectivity index (χ1) is 11.5. The number of hydrogen-bond acceptors (Lipinski definition) is 3. The Morgan fingerprint density at radius 2 is 1.75 bits per heavy atom. The summed E-state index contributed by atoms with van der Waals surface area (Å²) in [5.41, 5.74) is 1.80. The molecule has 1 aliphatic carbocycles. The second kappa shape index (κ2) is 8.71. The Balaban J connectivity index is 1.90. The van der Waals surface area contributed by atoms with E-state index >= 15 is 0 Å². The highest BCUT2D eigenvalue weighted by molar-refractivity contribution is 5.94. The quantitative estimate of drug-likeness (QED) is 0.804. The van der Waals surface area contributed by atoms with Gasteiger partial charge in [0.05, 0.1) is 5.92 Å². The lowest BCUT2D eigenvalue weighted by atomic mass is 9.86. The molecule has 1 amide bonds. The van der Waals surface area contributed by atoms with Crippen molar-refractivity contribution >= 4 is 17.6 Å². The van der Waals surface area contributed by atoms with Crippen molar-refractivity contribution in [1.29, 1.82) is 0 Å². The Morgan fingerprint density at radius 1 is 1.12 bits per heavy atom. The lowest BCUT2D eigenvalue weighted by Crippen LogP contribution is -2.38. The predicted octanol–water partition coefficient (Wildman–Crippen LogP) is 3.30. The van der Waals surface area contributed by atoms with Crippen molar-refractivity contribution < 1.29 is 14.7 Å². The van der Waals surface area contributed by atoms with Gasteiger partial charge in [-0.05, 0) is 63.3 Å². The van der Waals surface area contributed by atoms with Gasteiger partial charge in [-0.3, -0.25) is 9.59 Å². The van der Waals surface area contributed by atoms with Crippen molar-refractivity contribution in [2.75, 3.05) is 18.0 Å². The zero-order valence-corrected chi connectivity index (χ0v) is 14.6. The van der Waals surface area contributed by atoms with Gasteiger partial charge in [0.2, 0.25) is 0 Å². The number of nitrogens with zero attached hydrogens (tertiary/aromatic N) is 1. The third-order valence-corrected chi connectivity index (χ3v) is 4.78. The molecule has 0 aromatic heterocycles. The number of rotatable bonds is 7. The summed E-state index contributed by atoms with van der Waals surface area (Å²) in [6.07, 6.45) is 3.85. The zero-order valence-electron chi connectivity index (χ0n) is 14.6. The molecule has 1 aromatic carbocycles. The summed E-state index contributed by atoms with van der Waals surface area (Å²) in [5.74, 6) is -1.04. The van der Waals surface area contributed by atoms with Crippen molar-refractivity contribution in [1.82, 2.24) is 5.32 Å². The second-order valence-electron chi connectivity index (χ2n) is 6.49. The van der Waals surface area contributed by atoms with Gasteiger partial charge < -0.3 is 15.3 Å². The minimum atomic E-state index is -0.720. The van der Waals surface area contributed by atoms with E-state index in [0.717, 1.165) is 38.0 Å². The molecule has 5 heteroatoms. The van der Waals surface area contributed by atoms with E-state index in [9.17, 15) is 9.59 Å². The summed E-state index contributed by atoms with van der Waals surface area (Å²) in [5, 5.41) is 12.1. The first kappa shape index (κ1) is 18.3. The third kappa shape index (κ3) is 4.73. The molecule has 0 spiro atoms. The van der Waals surface area contributed by atoms with Crippen LogP contribution in [0.1, 0.15) is 56.3 Å². The summed E-state index contributed by atoms with van der Waals surface area (Å²) in [6, 6.07) is 7.81. The number of benzene rings is 1. The molecule has 1 saturated carbocycles. The standard InChI is InChI=1S/C19H28N2O3/c1-3-13-21(4-2)17-11-7-14(8-12-17)18(22)20-16-9-5-15(6-10-16)19(23)24/h7-8,11-12,15-16H,3-6,9-10,13H2,1-2H3,(H,20,22)(H,23,24). The number of hydrogen-bond donors (Lipinski definition) is 2. The Labute approximate surface area is 144 Å². The molecular weight excluding hydrogens is 304 g/mol. The van der Waals surface area contributed by atoms with E-state index in [1.807, 2.05) is 24.3 Å². The van der Waals surface area contributed by atoms with Gasteiger partial charge in [-0.15, -0.1) is 0 Å². The van der Waals surface area contributed by atoms with E-state index < -0.39 is 5.97 Å². The highest BCUT2D eigenvalue weighted by Crippen LogP contribution is 2.24. The molecule has 1 aliphatic rings. The van der Waals surface area contributed by atoms with Crippen molar-refractivity contribution in [2.45, 2.75) is 52.0 Å². The molecule has 0 unspecified atom stereocenters. The van der Waals surface area contributed by atoms with Crippen LogP contribution in [0.25, 0.3) is 0 Å². The Morgan fingerprint density at radius 3 is 2.25 bits per heavy atom. The minimum absolute atomic E-state index is 0.0705. The average Bonchev–Trinajstić information content (AvgIpc) is 2.60. The first-order valence-electron chi connectivity index (χ1n) is 8.93. The molecule has 0 atom stereocenters. The highest BCUT2D eigenvalue weighted by atomic mass is 16.4. The SMILES string of the molecule is CCCN(CC)c1ccc(C(=O)NC2CCC(C(=O)O)CC2)cc1. The number of carbonyl (C=O) groups is 2. The fraction of sp³-hybridized carbons (Fsp3) is 0.579. The predicted molar refractivity (Wildman–Crippen MR) is 95.5 cm³/mol. The molecule has 0 bridgehead atoms. The van der Waals surface area contributed by atoms with E-state index in [0.29, 0.717) is 18.4 Å². The third-order valence-electron chi connectivity index (χ3n) is 4.78. The molecule has 0 aliphatic heterocycles. The highest BCUT2D eigenvalue weighted by Gasteiger charge is 2.26. The van der Waals surface area contributed by atoms with Crippen molar-refractivity contribution in [3.05, 3.63) is 29.8 Å². The number of carbonyl (C=O) groups excluding carboxylic acids is 1. The van der Waals surface area contributed by atoms with Gasteiger partial charge in [0, 0.05) is 30.4 Å². The lowest BCUT2D eigenvalue weighted by molar-refractivity contribution is -0.142. The Bertz CT molecular complexity index is 548.